The maximum Gasteiger partial charge on any atom is 0.332 e. The van der Waals surface area contributed by atoms with Gasteiger partial charge in [-0.3, -0.25) is 28.2 Å². The lowest BCUT2D eigenvalue weighted by Crippen LogP contribution is -2.38. The first-order valence-electron chi connectivity index (χ1n) is 12.2. The Hall–Kier alpha value is -4.09. The van der Waals surface area contributed by atoms with E-state index in [1.165, 1.54) is 14.2 Å². The Morgan fingerprint density at radius 1 is 1.24 bits per heavy atom. The molecule has 5 aromatic rings. The number of amides is 1. The molecule has 0 aliphatic heterocycles. The van der Waals surface area contributed by atoms with E-state index >= 15 is 0 Å². The Kier molecular flexibility index (Phi) is 5.77. The van der Waals surface area contributed by atoms with E-state index in [1.807, 2.05) is 24.4 Å². The average Bonchev–Trinajstić information content (AvgIpc) is 3.34. The van der Waals surface area contributed by atoms with Gasteiger partial charge in [0, 0.05) is 49.0 Å². The molecular formula is C26H26ClN7O4. The predicted octanol–water partition coefficient (Wildman–Crippen LogP) is 2.79. The maximum absolute atomic E-state index is 13.6. The molecule has 0 saturated heterocycles. The molecule has 0 bridgehead atoms. The molecule has 1 aromatic carbocycles. The minimum Gasteiger partial charge on any atom is -0.361 e. The third-order valence-electron chi connectivity index (χ3n) is 7.12. The van der Waals surface area contributed by atoms with E-state index in [2.05, 4.69) is 10.5 Å². The van der Waals surface area contributed by atoms with Crippen LogP contribution in [0, 0.1) is 5.92 Å². The number of hydrogen-bond donors (Lipinski definition) is 2. The molecular weight excluding hydrogens is 510 g/mol. The largest absolute Gasteiger partial charge is 0.361 e. The fraction of sp³-hybridized carbons (Fsp3) is 0.308. The molecule has 1 amide bonds. The molecule has 1 saturated carbocycles. The zero-order valence-electron chi connectivity index (χ0n) is 21.1. The van der Waals surface area contributed by atoms with Gasteiger partial charge in [0.2, 0.25) is 0 Å². The molecule has 0 atom stereocenters. The van der Waals surface area contributed by atoms with Crippen molar-refractivity contribution in [3.8, 4) is 11.4 Å². The number of aromatic amines is 1. The van der Waals surface area contributed by atoms with E-state index in [0.29, 0.717) is 52.0 Å². The summed E-state index contributed by atoms with van der Waals surface area (Å²) in [5.41, 5.74) is 5.12. The Labute approximate surface area is 221 Å². The summed E-state index contributed by atoms with van der Waals surface area (Å²) in [5.74, 6) is -0.0355. The zero-order valence-corrected chi connectivity index (χ0v) is 21.9. The molecule has 2 N–H and O–H groups in total. The smallest absolute Gasteiger partial charge is 0.332 e. The van der Waals surface area contributed by atoms with Crippen molar-refractivity contribution < 1.29 is 9.63 Å². The van der Waals surface area contributed by atoms with Crippen LogP contribution in [-0.4, -0.2) is 41.5 Å². The SMILES string of the molecule is CONC(=O)c1cc(-c2c3c(=O)n(C)c(=O)n(CC4CC4)c3nn2Cc2c[nH]c3ccc(Cl)cc23)n(C)c1. The van der Waals surface area contributed by atoms with Gasteiger partial charge in [0.25, 0.3) is 11.5 Å². The van der Waals surface area contributed by atoms with E-state index in [4.69, 9.17) is 21.5 Å². The van der Waals surface area contributed by atoms with Crippen LogP contribution in [0.3, 0.4) is 0 Å². The monoisotopic (exact) mass is 535 g/mol. The molecule has 4 heterocycles. The van der Waals surface area contributed by atoms with Crippen LogP contribution in [-0.2, 0) is 32.0 Å². The quantitative estimate of drug-likeness (QED) is 0.310. The number of nitrogens with one attached hydrogen (secondary N) is 2. The van der Waals surface area contributed by atoms with Crippen LogP contribution >= 0.6 is 11.6 Å². The van der Waals surface area contributed by atoms with Gasteiger partial charge >= 0.3 is 5.69 Å². The topological polar surface area (TPSA) is 121 Å². The molecule has 1 fully saturated rings. The molecule has 1 aliphatic carbocycles. The zero-order chi connectivity index (χ0) is 26.7. The second-order valence-corrected chi connectivity index (χ2v) is 10.2. The number of nitrogens with zero attached hydrogens (tertiary/aromatic N) is 5. The van der Waals surface area contributed by atoms with Gasteiger partial charge < -0.3 is 9.55 Å². The van der Waals surface area contributed by atoms with Crippen molar-refractivity contribution in [2.75, 3.05) is 7.11 Å². The Morgan fingerprint density at radius 3 is 2.76 bits per heavy atom. The molecule has 6 rings (SSSR count). The number of carbonyl (C=O) groups excluding carboxylic acids is 1. The Morgan fingerprint density at radius 2 is 2.03 bits per heavy atom. The predicted molar refractivity (Wildman–Crippen MR) is 143 cm³/mol. The van der Waals surface area contributed by atoms with Crippen LogP contribution in [0.15, 0.2) is 46.2 Å². The van der Waals surface area contributed by atoms with Gasteiger partial charge in [-0.25, -0.2) is 10.3 Å². The van der Waals surface area contributed by atoms with Crippen molar-refractivity contribution in [3.63, 3.8) is 0 Å². The highest BCUT2D eigenvalue weighted by Crippen LogP contribution is 2.33. The first kappa shape index (κ1) is 24.3. The number of aromatic nitrogens is 6. The van der Waals surface area contributed by atoms with E-state index in [1.54, 1.807) is 33.1 Å². The highest BCUT2D eigenvalue weighted by atomic mass is 35.5. The second-order valence-electron chi connectivity index (χ2n) is 9.77. The summed E-state index contributed by atoms with van der Waals surface area (Å²) >= 11 is 6.28. The molecule has 1 aliphatic rings. The summed E-state index contributed by atoms with van der Waals surface area (Å²) in [6, 6.07) is 7.28. The van der Waals surface area contributed by atoms with Gasteiger partial charge in [-0.2, -0.15) is 5.10 Å². The normalized spacial score (nSPS) is 13.6. The molecule has 0 unspecified atom stereocenters. The van der Waals surface area contributed by atoms with E-state index in [0.717, 1.165) is 33.9 Å². The molecule has 0 radical (unpaired) electrons. The number of H-pyrrole nitrogens is 1. The summed E-state index contributed by atoms with van der Waals surface area (Å²) < 4.78 is 6.22. The lowest BCUT2D eigenvalue weighted by atomic mass is 10.1. The maximum atomic E-state index is 13.6. The van der Waals surface area contributed by atoms with Crippen LogP contribution in [0.1, 0.15) is 28.8 Å². The Balaban J connectivity index is 1.62. The summed E-state index contributed by atoms with van der Waals surface area (Å²) in [6.45, 7) is 0.799. The number of aryl methyl sites for hydroxylation is 1. The van der Waals surface area contributed by atoms with E-state index in [9.17, 15) is 14.4 Å². The van der Waals surface area contributed by atoms with Crippen molar-refractivity contribution in [3.05, 3.63) is 73.6 Å². The number of carbonyl (C=O) groups is 1. The van der Waals surface area contributed by atoms with Crippen molar-refractivity contribution in [2.45, 2.75) is 25.9 Å². The molecule has 12 heteroatoms. The van der Waals surface area contributed by atoms with Crippen molar-refractivity contribution >= 4 is 39.4 Å². The summed E-state index contributed by atoms with van der Waals surface area (Å²) in [6.07, 6.45) is 5.62. The fourth-order valence-corrected chi connectivity index (χ4v) is 5.15. The van der Waals surface area contributed by atoms with E-state index < -0.39 is 17.2 Å². The summed E-state index contributed by atoms with van der Waals surface area (Å²) in [7, 11) is 4.64. The van der Waals surface area contributed by atoms with Crippen LogP contribution in [0.5, 0.6) is 0 Å². The third-order valence-corrected chi connectivity index (χ3v) is 7.35. The number of hydroxylamine groups is 1. The van der Waals surface area contributed by atoms with Crippen molar-refractivity contribution in [1.29, 1.82) is 0 Å². The van der Waals surface area contributed by atoms with Crippen LogP contribution in [0.25, 0.3) is 33.3 Å². The minimum atomic E-state index is -0.440. The number of hydrogen-bond acceptors (Lipinski definition) is 5. The average molecular weight is 536 g/mol. The van der Waals surface area contributed by atoms with Gasteiger partial charge in [-0.05, 0) is 48.6 Å². The molecule has 11 nitrogen and oxygen atoms in total. The van der Waals surface area contributed by atoms with E-state index in [-0.39, 0.29) is 0 Å². The summed E-state index contributed by atoms with van der Waals surface area (Å²) in [5, 5.41) is 6.71. The molecule has 0 spiro atoms. The van der Waals surface area contributed by atoms with Crippen LogP contribution in [0.2, 0.25) is 5.02 Å². The van der Waals surface area contributed by atoms with Gasteiger partial charge in [-0.1, -0.05) is 11.6 Å². The molecule has 38 heavy (non-hydrogen) atoms. The third kappa shape index (κ3) is 3.95. The second kappa shape index (κ2) is 9.03. The number of halogens is 1. The van der Waals surface area contributed by atoms with Crippen LogP contribution in [0.4, 0.5) is 0 Å². The first-order chi connectivity index (χ1) is 18.3. The van der Waals surface area contributed by atoms with Gasteiger partial charge in [0.15, 0.2) is 5.65 Å². The number of rotatable bonds is 7. The number of fused-ring (bicyclic) bond motifs is 2. The lowest BCUT2D eigenvalue weighted by molar-refractivity contribution is 0.0537. The summed E-state index contributed by atoms with van der Waals surface area (Å²) in [4.78, 5) is 47.3. The van der Waals surface area contributed by atoms with Crippen molar-refractivity contribution in [1.82, 2.24) is 33.9 Å². The van der Waals surface area contributed by atoms with Gasteiger partial charge in [-0.15, -0.1) is 0 Å². The Bertz CT molecular complexity index is 1850. The first-order valence-corrected chi connectivity index (χ1v) is 12.6. The van der Waals surface area contributed by atoms with Crippen LogP contribution < -0.4 is 16.7 Å². The highest BCUT2D eigenvalue weighted by Gasteiger charge is 2.29. The number of benzene rings is 1. The molecule has 4 aromatic heterocycles. The van der Waals surface area contributed by atoms with Crippen molar-refractivity contribution in [2.24, 2.45) is 20.0 Å². The molecule has 196 valence electrons. The lowest BCUT2D eigenvalue weighted by Gasteiger charge is -2.09. The standard InChI is InChI=1S/C26H26ClN7O4/c1-31-12-15(24(35)30-38-3)8-20(31)22-21-23(33(11-14-4-5-14)26(37)32(2)25(21)36)29-34(22)13-16-10-28-19-7-6-17(27)9-18(16)19/h6-10,12,14,28H,4-5,11,13H2,1-3H3,(H,30,35). The highest BCUT2D eigenvalue weighted by molar-refractivity contribution is 6.31. The van der Waals surface area contributed by atoms with Gasteiger partial charge in [0.1, 0.15) is 11.1 Å². The van der Waals surface area contributed by atoms with Gasteiger partial charge in [0.05, 0.1) is 24.9 Å². The minimum absolute atomic E-state index is 0.301. The fourth-order valence-electron chi connectivity index (χ4n) is 4.98.